The van der Waals surface area contributed by atoms with Gasteiger partial charge < -0.3 is 20.0 Å². The molecule has 142 valence electrons. The number of urea groups is 1. The van der Waals surface area contributed by atoms with Gasteiger partial charge in [0.1, 0.15) is 0 Å². The van der Waals surface area contributed by atoms with E-state index in [1.165, 1.54) is 0 Å². The first kappa shape index (κ1) is 19.5. The van der Waals surface area contributed by atoms with Crippen LogP contribution in [0.4, 0.5) is 4.79 Å². The highest BCUT2D eigenvalue weighted by atomic mass is 16.2. The highest BCUT2D eigenvalue weighted by Crippen LogP contribution is 2.23. The molecule has 0 bridgehead atoms. The second-order valence-corrected chi connectivity index (χ2v) is 7.26. The Morgan fingerprint density at radius 1 is 1.20 bits per heavy atom. The fourth-order valence-corrected chi connectivity index (χ4v) is 3.68. The molecule has 7 heteroatoms. The summed E-state index contributed by atoms with van der Waals surface area (Å²) in [4.78, 5) is 42.3. The topological polar surface area (TPSA) is 73.0 Å². The maximum atomic E-state index is 12.7. The fraction of sp³-hybridized carbons (Fsp3) is 0.833. The Balaban J connectivity index is 1.81. The van der Waals surface area contributed by atoms with Gasteiger partial charge in [-0.1, -0.05) is 0 Å². The van der Waals surface area contributed by atoms with E-state index in [1.54, 1.807) is 9.80 Å². The van der Waals surface area contributed by atoms with Crippen molar-refractivity contribution in [3.63, 3.8) is 0 Å². The molecule has 0 aromatic rings. The highest BCUT2D eigenvalue weighted by molar-refractivity contribution is 5.89. The van der Waals surface area contributed by atoms with Gasteiger partial charge in [-0.15, -0.1) is 0 Å². The molecule has 7 nitrogen and oxygen atoms in total. The molecular weight excluding hydrogens is 320 g/mol. The molecule has 2 aliphatic rings. The third kappa shape index (κ3) is 4.64. The van der Waals surface area contributed by atoms with Gasteiger partial charge in [-0.2, -0.15) is 0 Å². The summed E-state index contributed by atoms with van der Waals surface area (Å²) in [7, 11) is 0. The third-order valence-corrected chi connectivity index (χ3v) is 5.32. The first-order chi connectivity index (χ1) is 11.9. The SMILES string of the molecule is CCN(CC)C(=O)NC1CCN(C(=O)C2CC(=O)N(C(C)C)C2)CC1. The van der Waals surface area contributed by atoms with Crippen LogP contribution < -0.4 is 5.32 Å². The van der Waals surface area contributed by atoms with E-state index in [2.05, 4.69) is 5.32 Å². The molecule has 0 aromatic carbocycles. The number of hydrogen-bond acceptors (Lipinski definition) is 3. The van der Waals surface area contributed by atoms with Crippen LogP contribution in [-0.4, -0.2) is 77.4 Å². The van der Waals surface area contributed by atoms with Crippen molar-refractivity contribution >= 4 is 17.8 Å². The third-order valence-electron chi connectivity index (χ3n) is 5.32. The summed E-state index contributed by atoms with van der Waals surface area (Å²) in [6, 6.07) is 0.240. The Hall–Kier alpha value is -1.79. The molecule has 4 amide bonds. The van der Waals surface area contributed by atoms with Crippen LogP contribution in [0.1, 0.15) is 47.0 Å². The predicted octanol–water partition coefficient (Wildman–Crippen LogP) is 1.29. The predicted molar refractivity (Wildman–Crippen MR) is 96.0 cm³/mol. The Bertz CT molecular complexity index is 497. The smallest absolute Gasteiger partial charge is 0.317 e. The summed E-state index contributed by atoms with van der Waals surface area (Å²) in [5, 5.41) is 3.07. The molecule has 0 radical (unpaired) electrons. The van der Waals surface area contributed by atoms with Gasteiger partial charge in [-0.05, 0) is 40.5 Å². The fourth-order valence-electron chi connectivity index (χ4n) is 3.68. The Labute approximate surface area is 150 Å². The van der Waals surface area contributed by atoms with Gasteiger partial charge in [-0.25, -0.2) is 4.79 Å². The van der Waals surface area contributed by atoms with Crippen molar-refractivity contribution in [2.24, 2.45) is 5.92 Å². The van der Waals surface area contributed by atoms with Crippen LogP contribution in [0.25, 0.3) is 0 Å². The monoisotopic (exact) mass is 352 g/mol. The largest absolute Gasteiger partial charge is 0.342 e. The van der Waals surface area contributed by atoms with Crippen molar-refractivity contribution in [2.45, 2.75) is 59.0 Å². The lowest BCUT2D eigenvalue weighted by molar-refractivity contribution is -0.136. The number of hydrogen-bond donors (Lipinski definition) is 1. The number of carbonyl (C=O) groups excluding carboxylic acids is 3. The molecule has 2 fully saturated rings. The van der Waals surface area contributed by atoms with Gasteiger partial charge in [0, 0.05) is 51.2 Å². The molecule has 0 saturated carbocycles. The van der Waals surface area contributed by atoms with Crippen LogP contribution in [0.5, 0.6) is 0 Å². The van der Waals surface area contributed by atoms with Crippen molar-refractivity contribution in [3.8, 4) is 0 Å². The number of carbonyl (C=O) groups is 3. The summed E-state index contributed by atoms with van der Waals surface area (Å²) >= 11 is 0. The lowest BCUT2D eigenvalue weighted by atomic mass is 10.0. The van der Waals surface area contributed by atoms with Gasteiger partial charge in [-0.3, -0.25) is 9.59 Å². The van der Waals surface area contributed by atoms with Crippen LogP contribution in [0.2, 0.25) is 0 Å². The van der Waals surface area contributed by atoms with E-state index in [0.29, 0.717) is 39.1 Å². The first-order valence-corrected chi connectivity index (χ1v) is 9.51. The molecule has 1 N–H and O–H groups in total. The standard InChI is InChI=1S/C18H32N4O3/c1-5-20(6-2)18(25)19-15-7-9-21(10-8-15)17(24)14-11-16(23)22(12-14)13(3)4/h13-15H,5-12H2,1-4H3,(H,19,25). The first-order valence-electron chi connectivity index (χ1n) is 9.51. The van der Waals surface area contributed by atoms with Gasteiger partial charge in [0.05, 0.1) is 5.92 Å². The minimum atomic E-state index is -0.211. The van der Waals surface area contributed by atoms with E-state index < -0.39 is 0 Å². The molecule has 0 aromatic heterocycles. The van der Waals surface area contributed by atoms with Crippen LogP contribution >= 0.6 is 0 Å². The molecular formula is C18H32N4O3. The number of nitrogens with zero attached hydrogens (tertiary/aromatic N) is 3. The molecule has 2 saturated heterocycles. The van der Waals surface area contributed by atoms with Gasteiger partial charge >= 0.3 is 6.03 Å². The quantitative estimate of drug-likeness (QED) is 0.810. The van der Waals surface area contributed by atoms with E-state index in [4.69, 9.17) is 0 Å². The number of nitrogens with one attached hydrogen (secondary N) is 1. The Morgan fingerprint density at radius 3 is 2.28 bits per heavy atom. The van der Waals surface area contributed by atoms with Crippen molar-refractivity contribution in [2.75, 3.05) is 32.7 Å². The second-order valence-electron chi connectivity index (χ2n) is 7.26. The van der Waals surface area contributed by atoms with Crippen molar-refractivity contribution in [1.29, 1.82) is 0 Å². The zero-order valence-electron chi connectivity index (χ0n) is 16.0. The summed E-state index contributed by atoms with van der Waals surface area (Å²) in [5.41, 5.74) is 0. The normalized spacial score (nSPS) is 21.8. The summed E-state index contributed by atoms with van der Waals surface area (Å²) in [5.74, 6) is -0.0449. The molecule has 2 aliphatic heterocycles. The second kappa shape index (κ2) is 8.54. The number of rotatable bonds is 5. The van der Waals surface area contributed by atoms with E-state index in [0.717, 1.165) is 12.8 Å². The van der Waals surface area contributed by atoms with E-state index >= 15 is 0 Å². The van der Waals surface area contributed by atoms with Gasteiger partial charge in [0.25, 0.3) is 0 Å². The van der Waals surface area contributed by atoms with Gasteiger partial charge in [0.2, 0.25) is 11.8 Å². The summed E-state index contributed by atoms with van der Waals surface area (Å²) < 4.78 is 0. The van der Waals surface area contributed by atoms with Crippen LogP contribution in [0.15, 0.2) is 0 Å². The molecule has 2 heterocycles. The number of amides is 4. The lowest BCUT2D eigenvalue weighted by Crippen LogP contribution is -2.51. The number of likely N-dealkylation sites (tertiary alicyclic amines) is 2. The molecule has 2 rings (SSSR count). The molecule has 0 aliphatic carbocycles. The Kier molecular flexibility index (Phi) is 6.67. The van der Waals surface area contributed by atoms with Crippen LogP contribution in [0, 0.1) is 5.92 Å². The van der Waals surface area contributed by atoms with Crippen molar-refractivity contribution < 1.29 is 14.4 Å². The van der Waals surface area contributed by atoms with E-state index in [-0.39, 0.29) is 35.8 Å². The van der Waals surface area contributed by atoms with Crippen LogP contribution in [-0.2, 0) is 9.59 Å². The summed E-state index contributed by atoms with van der Waals surface area (Å²) in [6.45, 7) is 11.1. The average Bonchev–Trinajstić information content (AvgIpc) is 2.98. The zero-order valence-corrected chi connectivity index (χ0v) is 16.0. The minimum absolute atomic E-state index is 0.0243. The maximum absolute atomic E-state index is 12.7. The zero-order chi connectivity index (χ0) is 18.6. The minimum Gasteiger partial charge on any atom is -0.342 e. The molecule has 1 atom stereocenters. The van der Waals surface area contributed by atoms with Crippen LogP contribution in [0.3, 0.4) is 0 Å². The molecule has 25 heavy (non-hydrogen) atoms. The maximum Gasteiger partial charge on any atom is 0.317 e. The van der Waals surface area contributed by atoms with Crippen molar-refractivity contribution in [1.82, 2.24) is 20.0 Å². The van der Waals surface area contributed by atoms with Gasteiger partial charge in [0.15, 0.2) is 0 Å². The van der Waals surface area contributed by atoms with E-state index in [1.807, 2.05) is 32.6 Å². The molecule has 1 unspecified atom stereocenters. The molecule has 0 spiro atoms. The average molecular weight is 352 g/mol. The van der Waals surface area contributed by atoms with Crippen molar-refractivity contribution in [3.05, 3.63) is 0 Å². The summed E-state index contributed by atoms with van der Waals surface area (Å²) in [6.07, 6.45) is 1.87. The Morgan fingerprint density at radius 2 is 1.80 bits per heavy atom. The van der Waals surface area contributed by atoms with E-state index in [9.17, 15) is 14.4 Å². The lowest BCUT2D eigenvalue weighted by Gasteiger charge is -2.34. The highest BCUT2D eigenvalue weighted by Gasteiger charge is 2.38. The number of piperidine rings is 1.